The Kier molecular flexibility index (Phi) is 5.60. The molecule has 0 spiro atoms. The van der Waals surface area contributed by atoms with Crippen molar-refractivity contribution in [3.8, 4) is 5.75 Å². The monoisotopic (exact) mass is 342 g/mol. The Bertz CT molecular complexity index is 424. The SMILES string of the molecule is NC(=S)C1CCCCN1CCOc1ccc(Br)cc1. The van der Waals surface area contributed by atoms with E-state index in [-0.39, 0.29) is 6.04 Å². The fraction of sp³-hybridized carbons (Fsp3) is 0.500. The van der Waals surface area contributed by atoms with Crippen molar-refractivity contribution in [2.24, 2.45) is 5.73 Å². The molecule has 0 saturated carbocycles. The van der Waals surface area contributed by atoms with Crippen LogP contribution >= 0.6 is 28.1 Å². The van der Waals surface area contributed by atoms with E-state index in [4.69, 9.17) is 22.7 Å². The summed E-state index contributed by atoms with van der Waals surface area (Å²) in [4.78, 5) is 2.95. The fourth-order valence-electron chi connectivity index (χ4n) is 2.39. The van der Waals surface area contributed by atoms with Gasteiger partial charge in [0, 0.05) is 11.0 Å². The number of benzene rings is 1. The Hall–Kier alpha value is -0.650. The van der Waals surface area contributed by atoms with Gasteiger partial charge in [0.1, 0.15) is 12.4 Å². The first kappa shape index (κ1) is 14.8. The molecule has 19 heavy (non-hydrogen) atoms. The van der Waals surface area contributed by atoms with E-state index >= 15 is 0 Å². The van der Waals surface area contributed by atoms with E-state index in [0.717, 1.165) is 29.7 Å². The molecule has 2 rings (SSSR count). The van der Waals surface area contributed by atoms with Crippen LogP contribution in [0.4, 0.5) is 0 Å². The van der Waals surface area contributed by atoms with E-state index in [1.807, 2.05) is 24.3 Å². The molecule has 2 N–H and O–H groups in total. The van der Waals surface area contributed by atoms with E-state index < -0.39 is 0 Å². The Morgan fingerprint density at radius 1 is 1.37 bits per heavy atom. The number of rotatable bonds is 5. The molecule has 1 aromatic rings. The van der Waals surface area contributed by atoms with Gasteiger partial charge in [-0.3, -0.25) is 4.90 Å². The Labute approximate surface area is 128 Å². The van der Waals surface area contributed by atoms with Gasteiger partial charge in [-0.25, -0.2) is 0 Å². The molecule has 1 aliphatic heterocycles. The number of hydrogen-bond acceptors (Lipinski definition) is 3. The average molecular weight is 343 g/mol. The van der Waals surface area contributed by atoms with E-state index in [2.05, 4.69) is 20.8 Å². The lowest BCUT2D eigenvalue weighted by atomic mass is 10.0. The highest BCUT2D eigenvalue weighted by Gasteiger charge is 2.24. The van der Waals surface area contributed by atoms with Crippen molar-refractivity contribution in [3.05, 3.63) is 28.7 Å². The van der Waals surface area contributed by atoms with Crippen LogP contribution in [0.2, 0.25) is 0 Å². The molecule has 0 aromatic heterocycles. The summed E-state index contributed by atoms with van der Waals surface area (Å²) in [5, 5.41) is 0. The van der Waals surface area contributed by atoms with Crippen molar-refractivity contribution in [1.82, 2.24) is 4.90 Å². The number of piperidine rings is 1. The second-order valence-electron chi connectivity index (χ2n) is 4.75. The van der Waals surface area contributed by atoms with Crippen LogP contribution in [-0.4, -0.2) is 35.6 Å². The zero-order valence-electron chi connectivity index (χ0n) is 10.8. The van der Waals surface area contributed by atoms with E-state index in [1.165, 1.54) is 12.8 Å². The normalized spacial score (nSPS) is 20.2. The second-order valence-corrected chi connectivity index (χ2v) is 6.14. The van der Waals surface area contributed by atoms with Crippen molar-refractivity contribution >= 4 is 33.1 Å². The van der Waals surface area contributed by atoms with Gasteiger partial charge < -0.3 is 10.5 Å². The topological polar surface area (TPSA) is 38.5 Å². The summed E-state index contributed by atoms with van der Waals surface area (Å²) < 4.78 is 6.80. The average Bonchev–Trinajstić information content (AvgIpc) is 2.41. The summed E-state index contributed by atoms with van der Waals surface area (Å²) in [5.41, 5.74) is 5.80. The van der Waals surface area contributed by atoms with Crippen molar-refractivity contribution < 1.29 is 4.74 Å². The van der Waals surface area contributed by atoms with E-state index in [9.17, 15) is 0 Å². The number of nitrogens with two attached hydrogens (primary N) is 1. The molecule has 0 radical (unpaired) electrons. The molecule has 0 amide bonds. The number of hydrogen-bond donors (Lipinski definition) is 1. The van der Waals surface area contributed by atoms with Gasteiger partial charge in [0.25, 0.3) is 0 Å². The summed E-state index contributed by atoms with van der Waals surface area (Å²) in [7, 11) is 0. The molecule has 0 aliphatic carbocycles. The summed E-state index contributed by atoms with van der Waals surface area (Å²) in [6.45, 7) is 2.60. The first-order valence-electron chi connectivity index (χ1n) is 6.58. The quantitative estimate of drug-likeness (QED) is 0.835. The molecule has 1 fully saturated rings. The van der Waals surface area contributed by atoms with E-state index in [1.54, 1.807) is 0 Å². The molecule has 1 heterocycles. The van der Waals surface area contributed by atoms with Gasteiger partial charge in [0.05, 0.1) is 11.0 Å². The van der Waals surface area contributed by atoms with Gasteiger partial charge in [0.15, 0.2) is 0 Å². The summed E-state index contributed by atoms with van der Waals surface area (Å²) in [6, 6.07) is 8.14. The maximum atomic E-state index is 5.80. The minimum atomic E-state index is 0.247. The zero-order valence-corrected chi connectivity index (χ0v) is 13.3. The first-order chi connectivity index (χ1) is 9.16. The van der Waals surface area contributed by atoms with E-state index in [0.29, 0.717) is 11.6 Å². The number of ether oxygens (including phenoxy) is 1. The van der Waals surface area contributed by atoms with Gasteiger partial charge in [-0.05, 0) is 43.7 Å². The molecule has 0 bridgehead atoms. The molecule has 1 unspecified atom stereocenters. The third-order valence-electron chi connectivity index (χ3n) is 3.40. The molecule has 104 valence electrons. The summed E-state index contributed by atoms with van der Waals surface area (Å²) in [5.74, 6) is 0.895. The van der Waals surface area contributed by atoms with Crippen molar-refractivity contribution in [1.29, 1.82) is 0 Å². The summed E-state index contributed by atoms with van der Waals surface area (Å²) >= 11 is 8.55. The molecule has 1 aliphatic rings. The lowest BCUT2D eigenvalue weighted by Crippen LogP contribution is -2.48. The Morgan fingerprint density at radius 2 is 2.11 bits per heavy atom. The largest absolute Gasteiger partial charge is 0.492 e. The van der Waals surface area contributed by atoms with Crippen LogP contribution in [0.1, 0.15) is 19.3 Å². The van der Waals surface area contributed by atoms with Crippen LogP contribution in [0.15, 0.2) is 28.7 Å². The molecule has 1 aromatic carbocycles. The molecule has 5 heteroatoms. The minimum Gasteiger partial charge on any atom is -0.492 e. The van der Waals surface area contributed by atoms with Gasteiger partial charge in [0.2, 0.25) is 0 Å². The Balaban J connectivity index is 1.80. The predicted octanol–water partition coefficient (Wildman–Crippen LogP) is 2.97. The number of halogens is 1. The van der Waals surface area contributed by atoms with Crippen molar-refractivity contribution in [3.63, 3.8) is 0 Å². The van der Waals surface area contributed by atoms with Gasteiger partial charge in [-0.15, -0.1) is 0 Å². The van der Waals surface area contributed by atoms with Crippen molar-refractivity contribution in [2.75, 3.05) is 19.7 Å². The molecule has 3 nitrogen and oxygen atoms in total. The maximum absolute atomic E-state index is 5.80. The third kappa shape index (κ3) is 4.44. The minimum absolute atomic E-state index is 0.247. The number of thiocarbonyl (C=S) groups is 1. The lowest BCUT2D eigenvalue weighted by molar-refractivity contribution is 0.158. The lowest BCUT2D eigenvalue weighted by Gasteiger charge is -2.34. The maximum Gasteiger partial charge on any atom is 0.119 e. The third-order valence-corrected chi connectivity index (χ3v) is 4.20. The highest BCUT2D eigenvalue weighted by Crippen LogP contribution is 2.18. The predicted molar refractivity (Wildman–Crippen MR) is 85.6 cm³/mol. The van der Waals surface area contributed by atoms with Crippen LogP contribution in [0.5, 0.6) is 5.75 Å². The van der Waals surface area contributed by atoms with Crippen LogP contribution in [-0.2, 0) is 0 Å². The van der Waals surface area contributed by atoms with Crippen molar-refractivity contribution in [2.45, 2.75) is 25.3 Å². The molecular weight excluding hydrogens is 324 g/mol. The molecular formula is C14H19BrN2OS. The van der Waals surface area contributed by atoms with Crippen LogP contribution in [0.3, 0.4) is 0 Å². The van der Waals surface area contributed by atoms with Crippen LogP contribution < -0.4 is 10.5 Å². The summed E-state index contributed by atoms with van der Waals surface area (Å²) in [6.07, 6.45) is 3.51. The second kappa shape index (κ2) is 7.22. The van der Waals surface area contributed by atoms with Gasteiger partial charge in [-0.2, -0.15) is 0 Å². The fourth-order valence-corrected chi connectivity index (χ4v) is 2.92. The smallest absolute Gasteiger partial charge is 0.119 e. The molecule has 1 saturated heterocycles. The van der Waals surface area contributed by atoms with Crippen LogP contribution in [0.25, 0.3) is 0 Å². The highest BCUT2D eigenvalue weighted by molar-refractivity contribution is 9.10. The number of nitrogens with zero attached hydrogens (tertiary/aromatic N) is 1. The first-order valence-corrected chi connectivity index (χ1v) is 7.78. The molecule has 1 atom stereocenters. The number of likely N-dealkylation sites (tertiary alicyclic amines) is 1. The highest BCUT2D eigenvalue weighted by atomic mass is 79.9. The standard InChI is InChI=1S/C14H19BrN2OS/c15-11-4-6-12(7-5-11)18-10-9-17-8-2-1-3-13(17)14(16)19/h4-7,13H,1-3,8-10H2,(H2,16,19). The Morgan fingerprint density at radius 3 is 2.79 bits per heavy atom. The van der Waals surface area contributed by atoms with Crippen LogP contribution in [0, 0.1) is 0 Å². The van der Waals surface area contributed by atoms with Gasteiger partial charge in [-0.1, -0.05) is 34.6 Å². The zero-order chi connectivity index (χ0) is 13.7. The van der Waals surface area contributed by atoms with Gasteiger partial charge >= 0.3 is 0 Å².